The fourth-order valence-corrected chi connectivity index (χ4v) is 1.53. The second kappa shape index (κ2) is 5.42. The van der Waals surface area contributed by atoms with Gasteiger partial charge in [-0.2, -0.15) is 0 Å². The van der Waals surface area contributed by atoms with Crippen molar-refractivity contribution >= 4 is 11.0 Å². The Morgan fingerprint density at radius 1 is 1.28 bits per heavy atom. The molecule has 2 atom stereocenters. The van der Waals surface area contributed by atoms with Crippen molar-refractivity contribution in [3.63, 3.8) is 0 Å². The summed E-state index contributed by atoms with van der Waals surface area (Å²) >= 11 is 0. The maximum Gasteiger partial charge on any atom is 0.123 e. The van der Waals surface area contributed by atoms with Gasteiger partial charge in [0.25, 0.3) is 0 Å². The summed E-state index contributed by atoms with van der Waals surface area (Å²) in [7, 11) is 0. The number of benzene rings is 1. The minimum absolute atomic E-state index is 0.216. The highest BCUT2D eigenvalue weighted by Crippen LogP contribution is 2.17. The summed E-state index contributed by atoms with van der Waals surface area (Å²) in [5.41, 5.74) is 9.73. The van der Waals surface area contributed by atoms with Crippen LogP contribution in [0.4, 0.5) is 0 Å². The van der Waals surface area contributed by atoms with Gasteiger partial charge in [-0.3, -0.25) is 4.98 Å². The van der Waals surface area contributed by atoms with Gasteiger partial charge in [0.2, 0.25) is 0 Å². The van der Waals surface area contributed by atoms with Crippen LogP contribution in [0.5, 0.6) is 0 Å². The molecule has 2 aromatic rings. The molecule has 0 bridgehead atoms. The SMILES string of the molecule is [N-]=[N+]=NCC(O)C(O)c1cnc2ccccc2n1. The van der Waals surface area contributed by atoms with Crippen molar-refractivity contribution in [1.82, 2.24) is 9.97 Å². The molecule has 2 rings (SSSR count). The van der Waals surface area contributed by atoms with E-state index in [4.69, 9.17) is 5.53 Å². The lowest BCUT2D eigenvalue weighted by Crippen LogP contribution is -2.22. The Kier molecular flexibility index (Phi) is 3.69. The highest BCUT2D eigenvalue weighted by molar-refractivity contribution is 5.73. The highest BCUT2D eigenvalue weighted by Gasteiger charge is 2.19. The van der Waals surface area contributed by atoms with Crippen molar-refractivity contribution in [2.45, 2.75) is 12.2 Å². The molecule has 18 heavy (non-hydrogen) atoms. The Morgan fingerprint density at radius 3 is 2.72 bits per heavy atom. The molecule has 0 aliphatic rings. The van der Waals surface area contributed by atoms with E-state index in [1.165, 1.54) is 6.20 Å². The van der Waals surface area contributed by atoms with Crippen LogP contribution in [0.25, 0.3) is 21.5 Å². The number of nitrogens with zero attached hydrogens (tertiary/aromatic N) is 5. The van der Waals surface area contributed by atoms with Crippen molar-refractivity contribution < 1.29 is 10.2 Å². The monoisotopic (exact) mass is 245 g/mol. The van der Waals surface area contributed by atoms with Crippen LogP contribution in [0.15, 0.2) is 35.6 Å². The molecule has 92 valence electrons. The van der Waals surface area contributed by atoms with Crippen molar-refractivity contribution in [3.05, 3.63) is 46.6 Å². The summed E-state index contributed by atoms with van der Waals surface area (Å²) in [6.45, 7) is -0.216. The second-order valence-electron chi connectivity index (χ2n) is 3.71. The lowest BCUT2D eigenvalue weighted by Gasteiger charge is -2.15. The van der Waals surface area contributed by atoms with E-state index < -0.39 is 12.2 Å². The van der Waals surface area contributed by atoms with E-state index in [0.29, 0.717) is 11.0 Å². The minimum Gasteiger partial charge on any atom is -0.390 e. The number of aromatic nitrogens is 2. The molecule has 0 saturated heterocycles. The molecule has 1 heterocycles. The highest BCUT2D eigenvalue weighted by atomic mass is 16.3. The van der Waals surface area contributed by atoms with Crippen molar-refractivity contribution in [3.8, 4) is 0 Å². The molecule has 0 aliphatic heterocycles. The third-order valence-electron chi connectivity index (χ3n) is 2.47. The van der Waals surface area contributed by atoms with Crippen LogP contribution in [0, 0.1) is 0 Å². The van der Waals surface area contributed by atoms with E-state index in [-0.39, 0.29) is 12.2 Å². The molecule has 0 aliphatic carbocycles. The van der Waals surface area contributed by atoms with Crippen LogP contribution >= 0.6 is 0 Å². The summed E-state index contributed by atoms with van der Waals surface area (Å²) in [5, 5.41) is 22.6. The number of hydrogen-bond donors (Lipinski definition) is 2. The molecule has 0 spiro atoms. The molecule has 0 radical (unpaired) electrons. The van der Waals surface area contributed by atoms with E-state index in [1.807, 2.05) is 12.1 Å². The summed E-state index contributed by atoms with van der Waals surface area (Å²) in [4.78, 5) is 10.8. The third kappa shape index (κ3) is 2.54. The summed E-state index contributed by atoms with van der Waals surface area (Å²) < 4.78 is 0. The van der Waals surface area contributed by atoms with E-state index in [1.54, 1.807) is 12.1 Å². The first kappa shape index (κ1) is 12.3. The van der Waals surface area contributed by atoms with Crippen LogP contribution in [-0.4, -0.2) is 32.8 Å². The predicted molar refractivity (Wildman–Crippen MR) is 64.5 cm³/mol. The number of aliphatic hydroxyl groups is 2. The van der Waals surface area contributed by atoms with E-state index >= 15 is 0 Å². The van der Waals surface area contributed by atoms with Crippen molar-refractivity contribution in [2.75, 3.05) is 6.54 Å². The Balaban J connectivity index is 2.27. The number of rotatable bonds is 4. The first-order valence-corrected chi connectivity index (χ1v) is 5.31. The van der Waals surface area contributed by atoms with Crippen molar-refractivity contribution in [2.24, 2.45) is 5.11 Å². The maximum atomic E-state index is 9.84. The summed E-state index contributed by atoms with van der Waals surface area (Å²) in [6.07, 6.45) is -1.03. The molecule has 1 aromatic carbocycles. The third-order valence-corrected chi connectivity index (χ3v) is 2.47. The largest absolute Gasteiger partial charge is 0.390 e. The maximum absolute atomic E-state index is 9.84. The average molecular weight is 245 g/mol. The zero-order valence-corrected chi connectivity index (χ0v) is 9.38. The molecule has 0 saturated carbocycles. The molecule has 7 nitrogen and oxygen atoms in total. The lowest BCUT2D eigenvalue weighted by molar-refractivity contribution is 0.0218. The Labute approximate surface area is 102 Å². The fraction of sp³-hybridized carbons (Fsp3) is 0.273. The van der Waals surface area contributed by atoms with E-state index in [0.717, 1.165) is 0 Å². The average Bonchev–Trinajstić information content (AvgIpc) is 2.43. The lowest BCUT2D eigenvalue weighted by atomic mass is 10.1. The van der Waals surface area contributed by atoms with Gasteiger partial charge in [-0.15, -0.1) is 0 Å². The van der Waals surface area contributed by atoms with Gasteiger partial charge in [-0.05, 0) is 17.7 Å². The first-order valence-electron chi connectivity index (χ1n) is 5.31. The molecule has 0 fully saturated rings. The van der Waals surface area contributed by atoms with Crippen LogP contribution < -0.4 is 0 Å². The smallest absolute Gasteiger partial charge is 0.123 e. The second-order valence-corrected chi connectivity index (χ2v) is 3.71. The molecule has 2 unspecified atom stereocenters. The van der Waals surface area contributed by atoms with Gasteiger partial charge in [0.15, 0.2) is 0 Å². The topological polar surface area (TPSA) is 115 Å². The Morgan fingerprint density at radius 2 is 2.00 bits per heavy atom. The molecule has 2 N–H and O–H groups in total. The molecular formula is C11H11N5O2. The predicted octanol–water partition coefficient (Wildman–Crippen LogP) is 1.33. The quantitative estimate of drug-likeness (QED) is 0.480. The van der Waals surface area contributed by atoms with Crippen molar-refractivity contribution in [1.29, 1.82) is 0 Å². The molecular weight excluding hydrogens is 234 g/mol. The number of hydrogen-bond acceptors (Lipinski definition) is 5. The Hall–Kier alpha value is -2.21. The summed E-state index contributed by atoms with van der Waals surface area (Å²) in [5.74, 6) is 0. The van der Waals surface area contributed by atoms with Gasteiger partial charge >= 0.3 is 0 Å². The zero-order chi connectivity index (χ0) is 13.0. The van der Waals surface area contributed by atoms with Gasteiger partial charge in [0.1, 0.15) is 6.10 Å². The number of para-hydroxylation sites is 2. The van der Waals surface area contributed by atoms with Crippen LogP contribution in [-0.2, 0) is 0 Å². The molecule has 1 aromatic heterocycles. The Bertz CT molecular complexity index is 597. The van der Waals surface area contributed by atoms with Gasteiger partial charge in [0, 0.05) is 4.91 Å². The number of azide groups is 1. The first-order chi connectivity index (χ1) is 8.72. The minimum atomic E-state index is -1.23. The molecule has 7 heteroatoms. The molecule has 0 amide bonds. The van der Waals surface area contributed by atoms with Gasteiger partial charge in [-0.1, -0.05) is 17.2 Å². The van der Waals surface area contributed by atoms with Gasteiger partial charge in [-0.25, -0.2) is 4.98 Å². The van der Waals surface area contributed by atoms with Gasteiger partial charge in [0.05, 0.1) is 35.6 Å². The fourth-order valence-electron chi connectivity index (χ4n) is 1.53. The van der Waals surface area contributed by atoms with Crippen LogP contribution in [0.3, 0.4) is 0 Å². The van der Waals surface area contributed by atoms with Gasteiger partial charge < -0.3 is 10.2 Å². The zero-order valence-electron chi connectivity index (χ0n) is 9.38. The van der Waals surface area contributed by atoms with Crippen LogP contribution in [0.1, 0.15) is 11.8 Å². The standard InChI is InChI=1S/C11H11N5O2/c12-16-14-6-10(17)11(18)9-5-13-7-3-1-2-4-8(7)15-9/h1-5,10-11,17-18H,6H2. The summed E-state index contributed by atoms with van der Waals surface area (Å²) in [6, 6.07) is 7.21. The number of fused-ring (bicyclic) bond motifs is 1. The van der Waals surface area contributed by atoms with E-state index in [2.05, 4.69) is 20.0 Å². The normalized spacial score (nSPS) is 13.9. The number of aliphatic hydroxyl groups excluding tert-OH is 2. The van der Waals surface area contributed by atoms with E-state index in [9.17, 15) is 10.2 Å². The van der Waals surface area contributed by atoms with Crippen LogP contribution in [0.2, 0.25) is 0 Å².